The Morgan fingerprint density at radius 3 is 2.33 bits per heavy atom. The summed E-state index contributed by atoms with van der Waals surface area (Å²) < 4.78 is 11.3. The zero-order chi connectivity index (χ0) is 19.1. The number of fused-ring (bicyclic) bond motifs is 1. The van der Waals surface area contributed by atoms with Crippen molar-refractivity contribution in [2.24, 2.45) is 5.92 Å². The zero-order valence-corrected chi connectivity index (χ0v) is 16.0. The minimum Gasteiger partial charge on any atom is -0.489 e. The maximum Gasteiger partial charge on any atom is 0.338 e. The lowest BCUT2D eigenvalue weighted by molar-refractivity contribution is 0.0433. The van der Waals surface area contributed by atoms with Gasteiger partial charge in [-0.15, -0.1) is 0 Å². The molecule has 3 heteroatoms. The molecule has 0 bridgehead atoms. The van der Waals surface area contributed by atoms with Gasteiger partial charge in [0.15, 0.2) is 0 Å². The quantitative estimate of drug-likeness (QED) is 0.460. The summed E-state index contributed by atoms with van der Waals surface area (Å²) in [6, 6.07) is 21.6. The number of rotatable bonds is 8. The van der Waals surface area contributed by atoms with E-state index in [9.17, 15) is 4.79 Å². The Morgan fingerprint density at radius 1 is 0.889 bits per heavy atom. The Morgan fingerprint density at radius 2 is 1.59 bits per heavy atom. The van der Waals surface area contributed by atoms with E-state index in [1.807, 2.05) is 66.7 Å². The van der Waals surface area contributed by atoms with E-state index in [0.717, 1.165) is 34.9 Å². The van der Waals surface area contributed by atoms with Crippen LogP contribution in [-0.4, -0.2) is 12.6 Å². The van der Waals surface area contributed by atoms with E-state index < -0.39 is 0 Å². The van der Waals surface area contributed by atoms with Crippen LogP contribution in [0.5, 0.6) is 5.75 Å². The first kappa shape index (κ1) is 19.0. The monoisotopic (exact) mass is 362 g/mol. The summed E-state index contributed by atoms with van der Waals surface area (Å²) in [4.78, 5) is 12.3. The van der Waals surface area contributed by atoms with E-state index in [0.29, 0.717) is 24.7 Å². The molecule has 0 saturated heterocycles. The van der Waals surface area contributed by atoms with E-state index in [4.69, 9.17) is 9.47 Å². The molecule has 0 aliphatic carbocycles. The number of hydrogen-bond donors (Lipinski definition) is 0. The van der Waals surface area contributed by atoms with Gasteiger partial charge in [0.2, 0.25) is 0 Å². The number of hydrogen-bond acceptors (Lipinski definition) is 3. The van der Waals surface area contributed by atoms with E-state index in [1.54, 1.807) is 0 Å². The van der Waals surface area contributed by atoms with Crippen LogP contribution < -0.4 is 4.74 Å². The maximum absolute atomic E-state index is 12.3. The summed E-state index contributed by atoms with van der Waals surface area (Å²) in [5, 5.41) is 2.04. The van der Waals surface area contributed by atoms with Crippen molar-refractivity contribution >= 4 is 16.7 Å². The number of carbonyl (C=O) groups is 1. The summed E-state index contributed by atoms with van der Waals surface area (Å²) >= 11 is 0. The zero-order valence-electron chi connectivity index (χ0n) is 16.0. The third kappa shape index (κ3) is 5.10. The highest BCUT2D eigenvalue weighted by Gasteiger charge is 2.11. The molecule has 0 radical (unpaired) electrons. The molecule has 0 heterocycles. The molecule has 3 nitrogen and oxygen atoms in total. The third-order valence-corrected chi connectivity index (χ3v) is 4.90. The second kappa shape index (κ2) is 9.22. The van der Waals surface area contributed by atoms with Gasteiger partial charge in [0.25, 0.3) is 0 Å². The van der Waals surface area contributed by atoms with Crippen molar-refractivity contribution in [2.45, 2.75) is 33.3 Å². The van der Waals surface area contributed by atoms with Crippen LogP contribution in [0.2, 0.25) is 0 Å². The smallest absolute Gasteiger partial charge is 0.338 e. The normalized spacial score (nSPS) is 10.9. The number of esters is 1. The fraction of sp³-hybridized carbons (Fsp3) is 0.292. The first-order valence-corrected chi connectivity index (χ1v) is 9.57. The topological polar surface area (TPSA) is 35.5 Å². The van der Waals surface area contributed by atoms with Gasteiger partial charge in [0, 0.05) is 0 Å². The van der Waals surface area contributed by atoms with Crippen LogP contribution in [0.15, 0.2) is 66.7 Å². The Bertz CT molecular complexity index is 883. The van der Waals surface area contributed by atoms with Gasteiger partial charge in [-0.25, -0.2) is 4.79 Å². The van der Waals surface area contributed by atoms with Crippen molar-refractivity contribution in [3.05, 3.63) is 77.9 Å². The van der Waals surface area contributed by atoms with Crippen molar-refractivity contribution in [3.63, 3.8) is 0 Å². The first-order valence-electron chi connectivity index (χ1n) is 9.57. The van der Waals surface area contributed by atoms with Crippen molar-refractivity contribution in [3.8, 4) is 5.75 Å². The molecule has 0 N–H and O–H groups in total. The van der Waals surface area contributed by atoms with Gasteiger partial charge < -0.3 is 9.47 Å². The van der Waals surface area contributed by atoms with Crippen LogP contribution >= 0.6 is 0 Å². The Hall–Kier alpha value is -2.81. The summed E-state index contributed by atoms with van der Waals surface area (Å²) in [5.74, 6) is 0.988. The number of ether oxygens (including phenoxy) is 2. The van der Waals surface area contributed by atoms with Gasteiger partial charge in [-0.05, 0) is 46.5 Å². The van der Waals surface area contributed by atoms with Crippen LogP contribution in [0.3, 0.4) is 0 Å². The highest BCUT2D eigenvalue weighted by molar-refractivity contribution is 5.95. The number of benzene rings is 3. The molecule has 3 rings (SSSR count). The third-order valence-electron chi connectivity index (χ3n) is 4.90. The van der Waals surface area contributed by atoms with Crippen molar-refractivity contribution < 1.29 is 14.3 Å². The Labute approximate surface area is 160 Å². The maximum atomic E-state index is 12.3. The molecular formula is C24H26O3. The van der Waals surface area contributed by atoms with E-state index in [-0.39, 0.29) is 5.97 Å². The summed E-state index contributed by atoms with van der Waals surface area (Å²) in [5.41, 5.74) is 1.72. The van der Waals surface area contributed by atoms with Crippen LogP contribution in [0.4, 0.5) is 0 Å². The minimum atomic E-state index is -0.256. The van der Waals surface area contributed by atoms with Crippen molar-refractivity contribution in [2.75, 3.05) is 6.61 Å². The van der Waals surface area contributed by atoms with Gasteiger partial charge in [-0.2, -0.15) is 0 Å². The molecule has 0 aromatic heterocycles. The predicted octanol–water partition coefficient (Wildman–Crippen LogP) is 6.01. The lowest BCUT2D eigenvalue weighted by Gasteiger charge is -2.13. The molecular weight excluding hydrogens is 336 g/mol. The van der Waals surface area contributed by atoms with Crippen LogP contribution in [0, 0.1) is 5.92 Å². The SMILES string of the molecule is CCC(CC)COC(=O)c1ccc2cc(OCc3ccccc3)ccc2c1. The van der Waals surface area contributed by atoms with Gasteiger partial charge in [0.1, 0.15) is 12.4 Å². The van der Waals surface area contributed by atoms with Gasteiger partial charge in [-0.3, -0.25) is 0 Å². The van der Waals surface area contributed by atoms with Gasteiger partial charge >= 0.3 is 5.97 Å². The Balaban J connectivity index is 1.66. The number of carbonyl (C=O) groups excluding carboxylic acids is 1. The molecule has 0 fully saturated rings. The standard InChI is InChI=1S/C24H26O3/c1-3-18(4-2)16-27-24(25)22-11-10-21-15-23(13-12-20(21)14-22)26-17-19-8-6-5-7-9-19/h5-15,18H,3-4,16-17H2,1-2H3. The van der Waals surface area contributed by atoms with Crippen LogP contribution in [-0.2, 0) is 11.3 Å². The molecule has 0 spiro atoms. The molecule has 140 valence electrons. The lowest BCUT2D eigenvalue weighted by Crippen LogP contribution is -2.13. The highest BCUT2D eigenvalue weighted by Crippen LogP contribution is 2.23. The molecule has 27 heavy (non-hydrogen) atoms. The van der Waals surface area contributed by atoms with Crippen molar-refractivity contribution in [1.29, 1.82) is 0 Å². The molecule has 3 aromatic carbocycles. The fourth-order valence-corrected chi connectivity index (χ4v) is 2.98. The minimum absolute atomic E-state index is 0.256. The Kier molecular flexibility index (Phi) is 6.48. The summed E-state index contributed by atoms with van der Waals surface area (Å²) in [6.45, 7) is 5.26. The predicted molar refractivity (Wildman–Crippen MR) is 109 cm³/mol. The molecule has 0 amide bonds. The highest BCUT2D eigenvalue weighted by atomic mass is 16.5. The molecule has 3 aromatic rings. The largest absolute Gasteiger partial charge is 0.489 e. The molecule has 0 unspecified atom stereocenters. The van der Waals surface area contributed by atoms with Crippen molar-refractivity contribution in [1.82, 2.24) is 0 Å². The van der Waals surface area contributed by atoms with Gasteiger partial charge in [-0.1, -0.05) is 69.2 Å². The van der Waals surface area contributed by atoms with E-state index in [2.05, 4.69) is 13.8 Å². The summed E-state index contributed by atoms with van der Waals surface area (Å²) in [6.07, 6.45) is 2.04. The van der Waals surface area contributed by atoms with Crippen LogP contribution in [0.25, 0.3) is 10.8 Å². The average molecular weight is 362 g/mol. The fourth-order valence-electron chi connectivity index (χ4n) is 2.98. The van der Waals surface area contributed by atoms with Gasteiger partial charge in [0.05, 0.1) is 12.2 Å². The molecule has 0 aliphatic rings. The second-order valence-electron chi connectivity index (χ2n) is 6.78. The second-order valence-corrected chi connectivity index (χ2v) is 6.78. The first-order chi connectivity index (χ1) is 13.2. The molecule has 0 atom stereocenters. The molecule has 0 saturated carbocycles. The summed E-state index contributed by atoms with van der Waals surface area (Å²) in [7, 11) is 0. The average Bonchev–Trinajstić information content (AvgIpc) is 2.73. The van der Waals surface area contributed by atoms with E-state index >= 15 is 0 Å². The lowest BCUT2D eigenvalue weighted by atomic mass is 10.0. The van der Waals surface area contributed by atoms with Crippen LogP contribution in [0.1, 0.15) is 42.6 Å². The van der Waals surface area contributed by atoms with E-state index in [1.165, 1.54) is 0 Å². The molecule has 0 aliphatic heterocycles.